The first-order chi connectivity index (χ1) is 9.51. The van der Waals surface area contributed by atoms with Crippen LogP contribution in [0.15, 0.2) is 36.9 Å². The van der Waals surface area contributed by atoms with Crippen LogP contribution in [0.25, 0.3) is 0 Å². The third kappa shape index (κ3) is 6.36. The van der Waals surface area contributed by atoms with E-state index in [4.69, 9.17) is 11.6 Å². The van der Waals surface area contributed by atoms with Crippen LogP contribution in [0.4, 0.5) is 4.79 Å². The Labute approximate surface area is 123 Å². The molecule has 3 amide bonds. The van der Waals surface area contributed by atoms with Crippen LogP contribution in [-0.2, 0) is 11.3 Å². The zero-order chi connectivity index (χ0) is 15.0. The average Bonchev–Trinajstić information content (AvgIpc) is 2.35. The van der Waals surface area contributed by atoms with Gasteiger partial charge in [0.2, 0.25) is 5.91 Å². The first kappa shape index (κ1) is 16.2. The number of hydrogen-bond acceptors (Lipinski definition) is 3. The van der Waals surface area contributed by atoms with E-state index >= 15 is 0 Å². The second-order valence-corrected chi connectivity index (χ2v) is 4.79. The van der Waals surface area contributed by atoms with Crippen LogP contribution in [0.5, 0.6) is 0 Å². The van der Waals surface area contributed by atoms with Gasteiger partial charge in [-0.3, -0.25) is 15.0 Å². The standard InChI is InChI=1S/C14H18ClN3O2/c1-3-7-16-14(20)17-13(19)10-18(2)9-11-5-4-6-12(15)8-11/h3-6,8H,1,7,9-10H2,2H3,(H2,16,17,19,20). The fourth-order valence-corrected chi connectivity index (χ4v) is 1.84. The Kier molecular flexibility index (Phi) is 6.76. The van der Waals surface area contributed by atoms with Gasteiger partial charge in [-0.1, -0.05) is 29.8 Å². The van der Waals surface area contributed by atoms with Gasteiger partial charge in [-0.05, 0) is 24.7 Å². The summed E-state index contributed by atoms with van der Waals surface area (Å²) in [6.45, 7) is 4.48. The molecule has 0 radical (unpaired) electrons. The van der Waals surface area contributed by atoms with Crippen molar-refractivity contribution in [2.75, 3.05) is 20.1 Å². The molecule has 1 rings (SSSR count). The number of nitrogens with one attached hydrogen (secondary N) is 2. The number of benzene rings is 1. The fraction of sp³-hybridized carbons (Fsp3) is 0.286. The molecule has 0 atom stereocenters. The normalized spacial score (nSPS) is 10.2. The molecule has 2 N–H and O–H groups in total. The van der Waals surface area contributed by atoms with Crippen molar-refractivity contribution >= 4 is 23.5 Å². The van der Waals surface area contributed by atoms with E-state index in [1.165, 1.54) is 6.08 Å². The van der Waals surface area contributed by atoms with Gasteiger partial charge >= 0.3 is 6.03 Å². The molecule has 0 aliphatic heterocycles. The molecule has 0 aliphatic carbocycles. The maximum atomic E-state index is 11.6. The number of imide groups is 1. The molecule has 0 heterocycles. The lowest BCUT2D eigenvalue weighted by atomic mass is 10.2. The Morgan fingerprint density at radius 2 is 2.20 bits per heavy atom. The van der Waals surface area contributed by atoms with Crippen LogP contribution in [0, 0.1) is 0 Å². The second kappa shape index (κ2) is 8.35. The maximum Gasteiger partial charge on any atom is 0.321 e. The number of urea groups is 1. The predicted molar refractivity (Wildman–Crippen MR) is 79.5 cm³/mol. The van der Waals surface area contributed by atoms with Gasteiger partial charge in [0.25, 0.3) is 0 Å². The van der Waals surface area contributed by atoms with E-state index in [2.05, 4.69) is 17.2 Å². The van der Waals surface area contributed by atoms with Gasteiger partial charge < -0.3 is 5.32 Å². The summed E-state index contributed by atoms with van der Waals surface area (Å²) in [6.07, 6.45) is 1.54. The molecule has 0 bridgehead atoms. The smallest absolute Gasteiger partial charge is 0.321 e. The van der Waals surface area contributed by atoms with Crippen LogP contribution >= 0.6 is 11.6 Å². The topological polar surface area (TPSA) is 61.4 Å². The monoisotopic (exact) mass is 295 g/mol. The number of likely N-dealkylation sites (N-methyl/N-ethyl adjacent to an activating group) is 1. The van der Waals surface area contributed by atoms with E-state index in [1.54, 1.807) is 18.0 Å². The van der Waals surface area contributed by atoms with Gasteiger partial charge in [-0.15, -0.1) is 6.58 Å². The molecule has 0 fully saturated rings. The molecule has 0 aliphatic rings. The molecule has 20 heavy (non-hydrogen) atoms. The van der Waals surface area contributed by atoms with Crippen LogP contribution in [0.1, 0.15) is 5.56 Å². The minimum absolute atomic E-state index is 0.119. The highest BCUT2D eigenvalue weighted by molar-refractivity contribution is 6.30. The first-order valence-corrected chi connectivity index (χ1v) is 6.50. The quantitative estimate of drug-likeness (QED) is 0.787. The highest BCUT2D eigenvalue weighted by atomic mass is 35.5. The SMILES string of the molecule is C=CCNC(=O)NC(=O)CN(C)Cc1cccc(Cl)c1. The predicted octanol–water partition coefficient (Wildman–Crippen LogP) is 1.78. The summed E-state index contributed by atoms with van der Waals surface area (Å²) in [4.78, 5) is 24.7. The van der Waals surface area contributed by atoms with Crippen LogP contribution in [0.3, 0.4) is 0 Å². The van der Waals surface area contributed by atoms with Gasteiger partial charge in [0.15, 0.2) is 0 Å². The fourth-order valence-electron chi connectivity index (χ4n) is 1.62. The van der Waals surface area contributed by atoms with E-state index in [1.807, 2.05) is 18.2 Å². The summed E-state index contributed by atoms with van der Waals surface area (Å²) < 4.78 is 0. The summed E-state index contributed by atoms with van der Waals surface area (Å²) >= 11 is 5.89. The summed E-state index contributed by atoms with van der Waals surface area (Å²) in [6, 6.07) is 6.89. The number of halogens is 1. The Bertz CT molecular complexity index is 491. The summed E-state index contributed by atoms with van der Waals surface area (Å²) in [5, 5.41) is 5.36. The summed E-state index contributed by atoms with van der Waals surface area (Å²) in [5.74, 6) is -0.365. The van der Waals surface area contributed by atoms with Gasteiger partial charge in [-0.2, -0.15) is 0 Å². The number of nitrogens with zero attached hydrogens (tertiary/aromatic N) is 1. The van der Waals surface area contributed by atoms with E-state index in [9.17, 15) is 9.59 Å². The van der Waals surface area contributed by atoms with Gasteiger partial charge in [-0.25, -0.2) is 4.79 Å². The molecule has 0 spiro atoms. The van der Waals surface area contributed by atoms with Crippen LogP contribution < -0.4 is 10.6 Å². The van der Waals surface area contributed by atoms with E-state index in [0.717, 1.165) is 5.56 Å². The highest BCUT2D eigenvalue weighted by Crippen LogP contribution is 2.11. The zero-order valence-corrected chi connectivity index (χ0v) is 12.1. The average molecular weight is 296 g/mol. The minimum atomic E-state index is -0.522. The van der Waals surface area contributed by atoms with Gasteiger partial charge in [0, 0.05) is 18.1 Å². The summed E-state index contributed by atoms with van der Waals surface area (Å²) in [5.41, 5.74) is 1.00. The Morgan fingerprint density at radius 3 is 2.85 bits per heavy atom. The van der Waals surface area contributed by atoms with E-state index in [0.29, 0.717) is 18.1 Å². The lowest BCUT2D eigenvalue weighted by Crippen LogP contribution is -2.43. The van der Waals surface area contributed by atoms with Gasteiger partial charge in [0.1, 0.15) is 0 Å². The number of hydrogen-bond donors (Lipinski definition) is 2. The van der Waals surface area contributed by atoms with Crippen molar-refractivity contribution in [2.24, 2.45) is 0 Å². The molecular formula is C14H18ClN3O2. The Morgan fingerprint density at radius 1 is 1.45 bits per heavy atom. The summed E-state index contributed by atoms with van der Waals surface area (Å²) in [7, 11) is 1.79. The van der Waals surface area contributed by atoms with Crippen molar-refractivity contribution < 1.29 is 9.59 Å². The molecule has 1 aromatic carbocycles. The highest BCUT2D eigenvalue weighted by Gasteiger charge is 2.10. The lowest BCUT2D eigenvalue weighted by molar-refractivity contribution is -0.120. The maximum absolute atomic E-state index is 11.6. The van der Waals surface area contributed by atoms with Crippen molar-refractivity contribution in [1.82, 2.24) is 15.5 Å². The van der Waals surface area contributed by atoms with Crippen LogP contribution in [-0.4, -0.2) is 37.0 Å². The second-order valence-electron chi connectivity index (χ2n) is 4.35. The van der Waals surface area contributed by atoms with Crippen LogP contribution in [0.2, 0.25) is 5.02 Å². The molecule has 5 nitrogen and oxygen atoms in total. The van der Waals surface area contributed by atoms with Crippen molar-refractivity contribution in [2.45, 2.75) is 6.54 Å². The van der Waals surface area contributed by atoms with Crippen molar-refractivity contribution in [1.29, 1.82) is 0 Å². The first-order valence-electron chi connectivity index (χ1n) is 6.13. The molecule has 6 heteroatoms. The molecule has 1 aromatic rings. The largest absolute Gasteiger partial charge is 0.334 e. The lowest BCUT2D eigenvalue weighted by Gasteiger charge is -2.16. The number of rotatable bonds is 6. The zero-order valence-electron chi connectivity index (χ0n) is 11.4. The minimum Gasteiger partial charge on any atom is -0.334 e. The molecule has 0 unspecified atom stereocenters. The van der Waals surface area contributed by atoms with Crippen molar-refractivity contribution in [3.63, 3.8) is 0 Å². The molecule has 0 saturated heterocycles. The Balaban J connectivity index is 2.38. The number of carbonyl (C=O) groups excluding carboxylic acids is 2. The third-order valence-electron chi connectivity index (χ3n) is 2.41. The Hall–Kier alpha value is -1.85. The van der Waals surface area contributed by atoms with E-state index in [-0.39, 0.29) is 12.5 Å². The number of amides is 3. The molecule has 0 aromatic heterocycles. The molecule has 108 valence electrons. The van der Waals surface area contributed by atoms with Crippen molar-refractivity contribution in [3.8, 4) is 0 Å². The number of carbonyl (C=O) groups is 2. The van der Waals surface area contributed by atoms with Crippen molar-refractivity contribution in [3.05, 3.63) is 47.5 Å². The molecule has 0 saturated carbocycles. The third-order valence-corrected chi connectivity index (χ3v) is 2.65. The van der Waals surface area contributed by atoms with Gasteiger partial charge in [0.05, 0.1) is 6.54 Å². The van der Waals surface area contributed by atoms with E-state index < -0.39 is 6.03 Å². The molecular weight excluding hydrogens is 278 g/mol.